The average Bonchev–Trinajstić information content (AvgIpc) is 2.45. The molecule has 6 heteroatoms. The second-order valence-electron chi connectivity index (χ2n) is 4.38. The predicted molar refractivity (Wildman–Crippen MR) is 76.6 cm³/mol. The van der Waals surface area contributed by atoms with Crippen molar-refractivity contribution < 1.29 is 24.2 Å². The molecule has 0 saturated carbocycles. The van der Waals surface area contributed by atoms with E-state index in [1.165, 1.54) is 6.92 Å². The fourth-order valence-electron chi connectivity index (χ4n) is 2.13. The number of aliphatic carboxylic acids is 1. The summed E-state index contributed by atoms with van der Waals surface area (Å²) >= 11 is 0. The molecule has 21 heavy (non-hydrogen) atoms. The molecule has 0 aliphatic carbocycles. The quantitative estimate of drug-likeness (QED) is 0.713. The summed E-state index contributed by atoms with van der Waals surface area (Å²) in [4.78, 5) is 23.3. The number of benzene rings is 1. The summed E-state index contributed by atoms with van der Waals surface area (Å²) < 4.78 is 10.8. The van der Waals surface area contributed by atoms with Gasteiger partial charge in [0, 0.05) is 20.1 Å². The molecule has 6 nitrogen and oxygen atoms in total. The molecule has 0 aliphatic heterocycles. The number of nitrogens with one attached hydrogen (secondary N) is 1. The minimum atomic E-state index is -1.96. The molecule has 1 rings (SSSR count). The van der Waals surface area contributed by atoms with Gasteiger partial charge in [0.2, 0.25) is 5.91 Å². The molecule has 0 spiro atoms. The number of rotatable bonds is 8. The summed E-state index contributed by atoms with van der Waals surface area (Å²) in [7, 11) is 0. The van der Waals surface area contributed by atoms with Crippen LogP contribution in [0, 0.1) is 0 Å². The standard InChI is InChI=1S/C15H21NO5/c1-4-20-15(14(18)19,21-5-2)13(16-11(3)17)12-9-7-6-8-10-12/h6-10,13H,4-5H2,1-3H3,(H,16,17)(H,18,19). The van der Waals surface area contributed by atoms with E-state index < -0.39 is 17.8 Å². The van der Waals surface area contributed by atoms with Crippen LogP contribution in [0.4, 0.5) is 0 Å². The third-order valence-corrected chi connectivity index (χ3v) is 2.88. The van der Waals surface area contributed by atoms with Crippen molar-refractivity contribution in [2.75, 3.05) is 13.2 Å². The molecule has 0 radical (unpaired) electrons. The number of hydrogen-bond donors (Lipinski definition) is 2. The maximum Gasteiger partial charge on any atom is 0.367 e. The zero-order chi connectivity index (χ0) is 15.9. The molecule has 1 unspecified atom stereocenters. The maximum absolute atomic E-state index is 11.8. The summed E-state index contributed by atoms with van der Waals surface area (Å²) in [5.74, 6) is -3.61. The van der Waals surface area contributed by atoms with Gasteiger partial charge in [-0.05, 0) is 19.4 Å². The minimum absolute atomic E-state index is 0.134. The number of carboxylic acids is 1. The lowest BCUT2D eigenvalue weighted by Gasteiger charge is -2.36. The minimum Gasteiger partial charge on any atom is -0.477 e. The van der Waals surface area contributed by atoms with E-state index in [4.69, 9.17) is 9.47 Å². The van der Waals surface area contributed by atoms with E-state index in [0.717, 1.165) is 0 Å². The topological polar surface area (TPSA) is 84.9 Å². The van der Waals surface area contributed by atoms with E-state index >= 15 is 0 Å². The van der Waals surface area contributed by atoms with Crippen LogP contribution in [0.1, 0.15) is 32.4 Å². The van der Waals surface area contributed by atoms with E-state index in [9.17, 15) is 14.7 Å². The Kier molecular flexibility index (Phi) is 6.33. The first-order valence-corrected chi connectivity index (χ1v) is 6.81. The molecule has 0 bridgehead atoms. The molecule has 0 fully saturated rings. The van der Waals surface area contributed by atoms with Crippen LogP contribution in [0.15, 0.2) is 30.3 Å². The third kappa shape index (κ3) is 4.03. The highest BCUT2D eigenvalue weighted by atomic mass is 16.7. The first kappa shape index (κ1) is 17.1. The number of carbonyl (C=O) groups excluding carboxylic acids is 1. The molecule has 0 aliphatic rings. The van der Waals surface area contributed by atoms with Gasteiger partial charge in [0.15, 0.2) is 0 Å². The first-order chi connectivity index (χ1) is 9.97. The van der Waals surface area contributed by atoms with Crippen molar-refractivity contribution in [3.63, 3.8) is 0 Å². The van der Waals surface area contributed by atoms with Crippen molar-refractivity contribution >= 4 is 11.9 Å². The number of carbonyl (C=O) groups is 2. The molecular weight excluding hydrogens is 274 g/mol. The lowest BCUT2D eigenvalue weighted by atomic mass is 9.97. The first-order valence-electron chi connectivity index (χ1n) is 6.81. The molecule has 0 saturated heterocycles. The molecule has 2 N–H and O–H groups in total. The Morgan fingerprint density at radius 2 is 1.71 bits per heavy atom. The lowest BCUT2D eigenvalue weighted by molar-refractivity contribution is -0.254. The monoisotopic (exact) mass is 295 g/mol. The van der Waals surface area contributed by atoms with Gasteiger partial charge in [-0.15, -0.1) is 0 Å². The Labute approximate surface area is 124 Å². The second-order valence-corrected chi connectivity index (χ2v) is 4.38. The van der Waals surface area contributed by atoms with Crippen LogP contribution in [-0.4, -0.2) is 36.0 Å². The highest BCUT2D eigenvalue weighted by Crippen LogP contribution is 2.31. The van der Waals surface area contributed by atoms with Gasteiger partial charge in [-0.25, -0.2) is 4.79 Å². The van der Waals surface area contributed by atoms with E-state index in [1.807, 2.05) is 0 Å². The molecule has 1 atom stereocenters. The van der Waals surface area contributed by atoms with Crippen molar-refractivity contribution in [1.82, 2.24) is 5.32 Å². The highest BCUT2D eigenvalue weighted by molar-refractivity contribution is 5.80. The second kappa shape index (κ2) is 7.75. The number of amides is 1. The molecule has 1 aromatic rings. The molecule has 1 aromatic carbocycles. The summed E-state index contributed by atoms with van der Waals surface area (Å²) in [5, 5.41) is 12.2. The van der Waals surface area contributed by atoms with Crippen LogP contribution < -0.4 is 5.32 Å². The molecule has 116 valence electrons. The number of hydrogen-bond acceptors (Lipinski definition) is 4. The van der Waals surface area contributed by atoms with Gasteiger partial charge in [0.05, 0.1) is 0 Å². The van der Waals surface area contributed by atoms with E-state index in [1.54, 1.807) is 44.2 Å². The summed E-state index contributed by atoms with van der Waals surface area (Å²) in [6, 6.07) is 7.81. The Morgan fingerprint density at radius 1 is 1.19 bits per heavy atom. The van der Waals surface area contributed by atoms with Gasteiger partial charge >= 0.3 is 5.97 Å². The van der Waals surface area contributed by atoms with E-state index in [-0.39, 0.29) is 19.1 Å². The van der Waals surface area contributed by atoms with Crippen LogP contribution in [0.25, 0.3) is 0 Å². The lowest BCUT2D eigenvalue weighted by Crippen LogP contribution is -2.55. The van der Waals surface area contributed by atoms with Crippen LogP contribution in [0.2, 0.25) is 0 Å². The fourth-order valence-corrected chi connectivity index (χ4v) is 2.13. The SMILES string of the molecule is CCOC(OCC)(C(=O)O)C(NC(C)=O)c1ccccc1. The van der Waals surface area contributed by atoms with Gasteiger partial charge in [-0.3, -0.25) is 4.79 Å². The highest BCUT2D eigenvalue weighted by Gasteiger charge is 2.50. The average molecular weight is 295 g/mol. The van der Waals surface area contributed by atoms with Crippen molar-refractivity contribution in [3.8, 4) is 0 Å². The predicted octanol–water partition coefficient (Wildman–Crippen LogP) is 1.72. The Hall–Kier alpha value is -1.92. The number of carboxylic acid groups (broad SMARTS) is 1. The fraction of sp³-hybridized carbons (Fsp3) is 0.467. The Balaban J connectivity index is 3.34. The summed E-state index contributed by atoms with van der Waals surface area (Å²) in [6.45, 7) is 4.93. The van der Waals surface area contributed by atoms with Crippen molar-refractivity contribution in [1.29, 1.82) is 0 Å². The van der Waals surface area contributed by atoms with Crippen LogP contribution in [-0.2, 0) is 19.1 Å². The van der Waals surface area contributed by atoms with Crippen LogP contribution in [0.3, 0.4) is 0 Å². The van der Waals surface area contributed by atoms with Crippen LogP contribution >= 0.6 is 0 Å². The van der Waals surface area contributed by atoms with Gasteiger partial charge < -0.3 is 19.9 Å². The smallest absolute Gasteiger partial charge is 0.367 e. The van der Waals surface area contributed by atoms with Gasteiger partial charge in [-0.1, -0.05) is 30.3 Å². The largest absolute Gasteiger partial charge is 0.477 e. The summed E-state index contributed by atoms with van der Waals surface area (Å²) in [6.07, 6.45) is 0. The van der Waals surface area contributed by atoms with Crippen LogP contribution in [0.5, 0.6) is 0 Å². The van der Waals surface area contributed by atoms with E-state index in [2.05, 4.69) is 5.32 Å². The van der Waals surface area contributed by atoms with Crippen molar-refractivity contribution in [2.24, 2.45) is 0 Å². The van der Waals surface area contributed by atoms with Gasteiger partial charge in [-0.2, -0.15) is 0 Å². The Bertz CT molecular complexity index is 468. The molecular formula is C15H21NO5. The summed E-state index contributed by atoms with van der Waals surface area (Å²) in [5.41, 5.74) is 0.594. The maximum atomic E-state index is 11.8. The zero-order valence-electron chi connectivity index (χ0n) is 12.5. The van der Waals surface area contributed by atoms with E-state index in [0.29, 0.717) is 5.56 Å². The molecule has 0 aromatic heterocycles. The molecule has 0 heterocycles. The molecule has 1 amide bonds. The number of ether oxygens (including phenoxy) is 2. The normalized spacial score (nSPS) is 12.7. The van der Waals surface area contributed by atoms with Gasteiger partial charge in [0.1, 0.15) is 6.04 Å². The Morgan fingerprint density at radius 3 is 2.10 bits per heavy atom. The van der Waals surface area contributed by atoms with Crippen molar-refractivity contribution in [3.05, 3.63) is 35.9 Å². The van der Waals surface area contributed by atoms with Crippen molar-refractivity contribution in [2.45, 2.75) is 32.6 Å². The third-order valence-electron chi connectivity index (χ3n) is 2.88. The van der Waals surface area contributed by atoms with Gasteiger partial charge in [0.25, 0.3) is 5.79 Å². The zero-order valence-corrected chi connectivity index (χ0v) is 12.5.